The maximum atomic E-state index is 12.4. The van der Waals surface area contributed by atoms with Crippen LogP contribution in [0.2, 0.25) is 0 Å². The zero-order chi connectivity index (χ0) is 54.0. The molecule has 5 aromatic heterocycles. The van der Waals surface area contributed by atoms with Gasteiger partial charge in [0, 0.05) is 71.7 Å². The van der Waals surface area contributed by atoms with Crippen LogP contribution >= 0.6 is 11.6 Å². The minimum atomic E-state index is -4.12. The van der Waals surface area contributed by atoms with Crippen LogP contribution in [0.3, 0.4) is 0 Å². The Bertz CT molecular complexity index is 3180. The Labute approximate surface area is 430 Å². The summed E-state index contributed by atoms with van der Waals surface area (Å²) >= 11 is 4.95. The molecule has 0 saturated carbocycles. The van der Waals surface area contributed by atoms with E-state index < -0.39 is 37.6 Å². The predicted molar refractivity (Wildman–Crippen MR) is 269 cm³/mol. The molecule has 29 heteroatoms. The second kappa shape index (κ2) is 26.4. The molecular weight excluding hydrogens is 1030 g/mol. The van der Waals surface area contributed by atoms with Crippen molar-refractivity contribution in [2.24, 2.45) is 5.14 Å². The number of ether oxygens (including phenoxy) is 4. The van der Waals surface area contributed by atoms with Crippen molar-refractivity contribution in [1.82, 2.24) is 54.2 Å². The zero-order valence-corrected chi connectivity index (χ0v) is 43.1. The van der Waals surface area contributed by atoms with Gasteiger partial charge in [-0.15, -0.1) is 0 Å². The average molecular weight is 1080 g/mol. The molecule has 9 rings (SSSR count). The number of aryl methyl sites for hydroxylation is 8. The highest BCUT2D eigenvalue weighted by Gasteiger charge is 2.29. The second-order valence-electron chi connectivity index (χ2n) is 15.5. The van der Waals surface area contributed by atoms with E-state index in [4.69, 9.17) is 36.7 Å². The molecule has 0 spiro atoms. The van der Waals surface area contributed by atoms with Gasteiger partial charge < -0.3 is 24.7 Å². The largest absolute Gasteiger partial charge is 0.477 e. The maximum absolute atomic E-state index is 12.4. The predicted octanol–water partition coefficient (Wildman–Crippen LogP) is 5.70. The lowest BCUT2D eigenvalue weighted by molar-refractivity contribution is 0.215. The smallest absolute Gasteiger partial charge is 0.419 e. The van der Waals surface area contributed by atoms with Crippen LogP contribution in [0.25, 0.3) is 0 Å². The molecule has 74 heavy (non-hydrogen) atoms. The first-order chi connectivity index (χ1) is 35.0. The number of urea groups is 1. The fraction of sp³-hybridized carbons (Fsp3) is 0.267. The van der Waals surface area contributed by atoms with Crippen LogP contribution in [0, 0.1) is 41.5 Å². The lowest BCUT2D eigenvalue weighted by Gasteiger charge is -2.16. The van der Waals surface area contributed by atoms with E-state index in [-0.39, 0.29) is 33.4 Å². The summed E-state index contributed by atoms with van der Waals surface area (Å²) in [5.41, 5.74) is 9.24. The highest BCUT2D eigenvalue weighted by atomic mass is 35.5. The molecule has 0 atom stereocenters. The van der Waals surface area contributed by atoms with Gasteiger partial charge >= 0.3 is 17.6 Å². The number of benzene rings is 2. The molecule has 0 fully saturated rings. The topological polar surface area (TPSA) is 358 Å². The number of hydrogen-bond acceptors (Lipinski definition) is 20. The third-order valence-electron chi connectivity index (χ3n) is 9.15. The number of carbonyl (C=O) groups is 3. The third-order valence-corrected chi connectivity index (χ3v) is 11.4. The van der Waals surface area contributed by atoms with E-state index >= 15 is 0 Å². The van der Waals surface area contributed by atoms with E-state index in [0.29, 0.717) is 55.1 Å². The molecule has 0 unspecified atom stereocenters. The fourth-order valence-corrected chi connectivity index (χ4v) is 8.06. The van der Waals surface area contributed by atoms with Crippen LogP contribution in [0.4, 0.5) is 32.2 Å². The summed E-state index contributed by atoms with van der Waals surface area (Å²) in [4.78, 5) is 57.5. The first kappa shape index (κ1) is 56.6. The van der Waals surface area contributed by atoms with Gasteiger partial charge in [0.25, 0.3) is 10.0 Å². The molecule has 0 bridgehead atoms. The molecule has 0 aliphatic carbocycles. The fourth-order valence-electron chi connectivity index (χ4n) is 6.38. The molecule has 2 aromatic carbocycles. The minimum absolute atomic E-state index is 0.0217. The number of para-hydroxylation sites is 2. The van der Waals surface area contributed by atoms with Gasteiger partial charge in [-0.3, -0.25) is 10.6 Å². The van der Waals surface area contributed by atoms with Crippen LogP contribution in [0.15, 0.2) is 101 Å². The summed E-state index contributed by atoms with van der Waals surface area (Å²) in [5, 5.41) is 17.6. The van der Waals surface area contributed by atoms with E-state index in [1.54, 1.807) is 68.4 Å². The number of primary sulfonamides is 1. The number of nitrogens with one attached hydrogen (secondary N) is 3. The number of nitrogen functional groups attached to an aromatic ring is 1. The van der Waals surface area contributed by atoms with Gasteiger partial charge in [0.05, 0.1) is 25.6 Å². The second-order valence-corrected chi connectivity index (χ2v) is 19.0. The molecule has 7 N–H and O–H groups in total. The highest BCUT2D eigenvalue weighted by Crippen LogP contribution is 2.27. The number of rotatable bonds is 7. The Morgan fingerprint density at radius 3 is 1.45 bits per heavy atom. The van der Waals surface area contributed by atoms with Crippen molar-refractivity contribution in [3.63, 3.8) is 0 Å². The SMILES string of the molecule is Cc1cc(C)nc(N)n1.Cc1cc(C)nc(NC(=O)NS(=O)(=O)c2cnn3c2OCCC3)n1.Cc1cc(C)nc(NC(=O)Oc2ccccc2)n1.NS(=O)(=O)c1cnn2c1OCCC2.O=C(Cl)Oc1ccccc1. The van der Waals surface area contributed by atoms with Gasteiger partial charge in [-0.1, -0.05) is 36.4 Å². The van der Waals surface area contributed by atoms with E-state index in [9.17, 15) is 31.2 Å². The van der Waals surface area contributed by atoms with Crippen molar-refractivity contribution in [2.45, 2.75) is 77.3 Å². The summed E-state index contributed by atoms with van der Waals surface area (Å²) in [6.07, 6.45) is 3.34. The molecule has 7 aromatic rings. The van der Waals surface area contributed by atoms with Crippen LogP contribution in [-0.4, -0.2) is 97.1 Å². The molecule has 2 aliphatic heterocycles. The average Bonchev–Trinajstić information content (AvgIpc) is 3.95. The number of fused-ring (bicyclic) bond motifs is 2. The number of hydrogen-bond donors (Lipinski definition) is 5. The van der Waals surface area contributed by atoms with Crippen molar-refractivity contribution < 1.29 is 50.2 Å². The monoisotopic (exact) mass is 1080 g/mol. The van der Waals surface area contributed by atoms with Gasteiger partial charge in [0.1, 0.15) is 11.5 Å². The van der Waals surface area contributed by atoms with Crippen molar-refractivity contribution in [3.8, 4) is 23.3 Å². The summed E-state index contributed by atoms with van der Waals surface area (Å²) < 4.78 is 71.7. The molecule has 2 aliphatic rings. The Morgan fingerprint density at radius 1 is 0.608 bits per heavy atom. The number of nitrogens with two attached hydrogens (primary N) is 2. The van der Waals surface area contributed by atoms with Gasteiger partial charge in [0.15, 0.2) is 9.79 Å². The first-order valence-corrected chi connectivity index (χ1v) is 25.4. The van der Waals surface area contributed by atoms with Gasteiger partial charge in [-0.05, 0) is 84.0 Å². The normalized spacial score (nSPS) is 12.1. The third kappa shape index (κ3) is 18.4. The first-order valence-electron chi connectivity index (χ1n) is 22.0. The molecule has 26 nitrogen and oxygen atoms in total. The number of aromatic nitrogens is 10. The van der Waals surface area contributed by atoms with Crippen molar-refractivity contribution in [1.29, 1.82) is 0 Å². The minimum Gasteiger partial charge on any atom is -0.477 e. The molecule has 3 amide bonds. The molecule has 0 saturated heterocycles. The Kier molecular flexibility index (Phi) is 20.2. The number of amides is 3. The summed E-state index contributed by atoms with van der Waals surface area (Å²) in [6.45, 7) is 13.1. The summed E-state index contributed by atoms with van der Waals surface area (Å²) in [5.74, 6) is 1.94. The zero-order valence-electron chi connectivity index (χ0n) is 40.7. The van der Waals surface area contributed by atoms with Crippen LogP contribution in [-0.2, 0) is 33.1 Å². The molecule has 392 valence electrons. The lowest BCUT2D eigenvalue weighted by atomic mass is 10.3. The van der Waals surface area contributed by atoms with Crippen LogP contribution in [0.5, 0.6) is 23.3 Å². The van der Waals surface area contributed by atoms with E-state index in [1.807, 2.05) is 56.7 Å². The lowest BCUT2D eigenvalue weighted by Crippen LogP contribution is -2.35. The molecule has 7 heterocycles. The molecular formula is C45H52ClN15O11S2. The molecule has 0 radical (unpaired) electrons. The number of anilines is 3. The van der Waals surface area contributed by atoms with Crippen LogP contribution < -0.4 is 45.2 Å². The summed E-state index contributed by atoms with van der Waals surface area (Å²) in [7, 11) is -7.83. The van der Waals surface area contributed by atoms with Crippen molar-refractivity contribution >= 4 is 67.0 Å². The van der Waals surface area contributed by atoms with Gasteiger partial charge in [-0.2, -0.15) is 10.2 Å². The number of carbonyl (C=O) groups excluding carboxylic acids is 3. The Balaban J connectivity index is 0.000000180. The Morgan fingerprint density at radius 2 is 1.01 bits per heavy atom. The Hall–Kier alpha value is -8.34. The van der Waals surface area contributed by atoms with Crippen molar-refractivity contribution in [3.05, 3.63) is 125 Å². The number of halogens is 1. The van der Waals surface area contributed by atoms with Gasteiger partial charge in [-0.25, -0.2) is 80.3 Å². The quantitative estimate of drug-likeness (QED) is 0.119. The van der Waals surface area contributed by atoms with Gasteiger partial charge in [0.2, 0.25) is 39.6 Å². The standard InChI is InChI=1S/C13H16N6O4S.C13H13N3O2.C7H5ClO2.C6H9N3O3S.C6H9N3/c1-8-6-9(2)16-12(15-8)17-13(20)18-24(21,22)10-7-14-19-4-3-5-23-11(10)19;1-9-8-10(2)15-12(14-9)16-13(17)18-11-6-4-3-5-7-11;8-7(9)10-6-4-2-1-3-5-6;7-13(10,11)5-4-8-9-2-1-3-12-6(5)9;1-4-3-5(2)9-6(7)8-4/h6-7H,3-5H2,1-2H3,(H2,15,16,17,18,20);3-8H,1-2H3,(H,14,15,16,17);1-5H;4H,1-3H2,(H2,7,10,11);3H,1-2H3,(H2,7,8,9). The van der Waals surface area contributed by atoms with Crippen LogP contribution in [0.1, 0.15) is 47.0 Å². The number of sulfonamides is 2. The maximum Gasteiger partial charge on any atom is 0.419 e. The van der Waals surface area contributed by atoms with Crippen molar-refractivity contribution in [2.75, 3.05) is 29.6 Å². The summed E-state index contributed by atoms with van der Waals surface area (Å²) in [6, 6.07) is 21.9. The van der Waals surface area contributed by atoms with E-state index in [2.05, 4.69) is 55.5 Å². The highest BCUT2D eigenvalue weighted by molar-refractivity contribution is 7.90. The van der Waals surface area contributed by atoms with E-state index in [0.717, 1.165) is 41.8 Å². The van der Waals surface area contributed by atoms with E-state index in [1.165, 1.54) is 15.6 Å². The number of nitrogens with zero attached hydrogens (tertiary/aromatic N) is 10.